The van der Waals surface area contributed by atoms with Gasteiger partial charge < -0.3 is 73.4 Å². The van der Waals surface area contributed by atoms with Gasteiger partial charge in [-0.3, -0.25) is 22.8 Å². The van der Waals surface area contributed by atoms with Gasteiger partial charge in [0.2, 0.25) is 0 Å². The first kappa shape index (κ1) is 52.2. The van der Waals surface area contributed by atoms with Crippen LogP contribution < -0.4 is 43.3 Å². The van der Waals surface area contributed by atoms with Crippen molar-refractivity contribution in [1.82, 2.24) is 0 Å². The summed E-state index contributed by atoms with van der Waals surface area (Å²) in [6.45, 7) is 0. The molecule has 1 radical (unpaired) electrons. The summed E-state index contributed by atoms with van der Waals surface area (Å²) in [6, 6.07) is 0. The van der Waals surface area contributed by atoms with Crippen LogP contribution in [0.4, 0.5) is 0 Å². The molecule has 10 N–H and O–H groups in total. The molecule has 0 aliphatic heterocycles. The summed E-state index contributed by atoms with van der Waals surface area (Å²) in [6.07, 6.45) is 0. The van der Waals surface area contributed by atoms with Gasteiger partial charge in [-0.1, -0.05) is 0 Å². The Kier molecular flexibility index (Phi) is 41.8. The van der Waals surface area contributed by atoms with E-state index in [2.05, 4.69) is 0 Å². The molecule has 0 atom stereocenters. The number of hydrogen-bond acceptors (Lipinski definition) is 10. The van der Waals surface area contributed by atoms with Crippen molar-refractivity contribution in [2.45, 2.75) is 0 Å². The summed E-state index contributed by atoms with van der Waals surface area (Å²) < 4.78 is 43.9. The van der Waals surface area contributed by atoms with Crippen LogP contribution in [0.2, 0.25) is 0 Å². The van der Waals surface area contributed by atoms with E-state index in [0.717, 1.165) is 0 Å². The number of hydrogen-bond donors (Lipinski definition) is 10. The molecule has 0 aliphatic carbocycles. The van der Waals surface area contributed by atoms with Crippen LogP contribution in [0.5, 0.6) is 0 Å². The molecule has 28 heavy (non-hydrogen) atoms. The predicted octanol–water partition coefficient (Wildman–Crippen LogP) is -10.8. The number of rotatable bonds is 0. The molecule has 0 saturated heterocycles. The molecule has 0 aliphatic rings. The molecule has 28 heteroatoms. The zero-order valence-corrected chi connectivity index (χ0v) is 19.3. The zero-order chi connectivity index (χ0) is 22.5. The van der Waals surface area contributed by atoms with Gasteiger partial charge in [0.1, 0.15) is 0 Å². The third-order valence-electron chi connectivity index (χ3n) is 0. The Morgan fingerprint density at radius 1 is 0.393 bits per heavy atom. The van der Waals surface area contributed by atoms with Crippen molar-refractivity contribution in [3.8, 4) is 0 Å². The van der Waals surface area contributed by atoms with E-state index in [0.29, 0.717) is 0 Å². The Labute approximate surface area is 188 Å². The molecule has 0 aromatic carbocycles. The average molecular weight is 603 g/mol. The van der Waals surface area contributed by atoms with Gasteiger partial charge in [0.05, 0.1) is 0 Å². The van der Waals surface area contributed by atoms with Crippen LogP contribution in [0.15, 0.2) is 0 Å². The van der Waals surface area contributed by atoms with Crippen LogP contribution in [-0.2, 0) is 57.0 Å². The van der Waals surface area contributed by atoms with Gasteiger partial charge in [0, 0.05) is 0 Å². The smallest absolute Gasteiger partial charge is 0.756 e. The Balaban J connectivity index is -0.0000000290. The molecule has 171 valence electrons. The first-order valence-corrected chi connectivity index (χ1v) is 11.5. The summed E-state index contributed by atoms with van der Waals surface area (Å²) in [5, 5.41) is 0. The van der Waals surface area contributed by atoms with Crippen LogP contribution in [0, 0.1) is 0 Å². The van der Waals surface area contributed by atoms with Crippen molar-refractivity contribution in [1.29, 1.82) is 0 Å². The molecule has 0 spiro atoms. The Morgan fingerprint density at radius 2 is 0.393 bits per heavy atom. The SMILES string of the molecule is O=P([O-])(O)O.O=P([O-])(O)O.O=P([O-])(O)O.O=P([O-])(O)O.O=P([O-])(O)O.[Fe+2].[Li+].[Mn+2]. The molecule has 0 aromatic rings. The third kappa shape index (κ3) is 4360. The van der Waals surface area contributed by atoms with E-state index in [1.165, 1.54) is 0 Å². The summed E-state index contributed by atoms with van der Waals surface area (Å²) in [4.78, 5) is 115. The van der Waals surface area contributed by atoms with E-state index in [-0.39, 0.29) is 53.0 Å². The molecule has 0 bridgehead atoms. The molecule has 0 aromatic heterocycles. The maximum absolute atomic E-state index is 8.77. The van der Waals surface area contributed by atoms with Gasteiger partial charge in [-0.15, -0.1) is 0 Å². The maximum atomic E-state index is 8.77. The van der Waals surface area contributed by atoms with Gasteiger partial charge in [0.15, 0.2) is 0 Å². The molecule has 0 amide bonds. The van der Waals surface area contributed by atoms with E-state index >= 15 is 0 Å². The summed E-state index contributed by atoms with van der Waals surface area (Å²) in [7, 11) is -24.4. The Hall–Kier alpha value is 2.19. The van der Waals surface area contributed by atoms with Crippen molar-refractivity contribution in [3.05, 3.63) is 0 Å². The average Bonchev–Trinajstić information content (AvgIpc) is 1.79. The van der Waals surface area contributed by atoms with Crippen molar-refractivity contribution < 1.29 is 149 Å². The van der Waals surface area contributed by atoms with E-state index in [4.69, 9.17) is 96.2 Å². The van der Waals surface area contributed by atoms with Crippen molar-refractivity contribution in [2.24, 2.45) is 0 Å². The second-order valence-corrected chi connectivity index (χ2v) is 7.36. The summed E-state index contributed by atoms with van der Waals surface area (Å²) >= 11 is 0. The van der Waals surface area contributed by atoms with Gasteiger partial charge in [-0.2, -0.15) is 0 Å². The molecule has 20 nitrogen and oxygen atoms in total. The van der Waals surface area contributed by atoms with Crippen molar-refractivity contribution in [2.75, 3.05) is 0 Å². The summed E-state index contributed by atoms with van der Waals surface area (Å²) in [5.41, 5.74) is 0. The first-order chi connectivity index (χ1) is 10.0. The van der Waals surface area contributed by atoms with Gasteiger partial charge in [0.25, 0.3) is 39.1 Å². The predicted molar refractivity (Wildman–Crippen MR) is 60.2 cm³/mol. The molecule has 0 fully saturated rings. The largest absolute Gasteiger partial charge is 2.00 e. The van der Waals surface area contributed by atoms with Crippen molar-refractivity contribution in [3.63, 3.8) is 0 Å². The van der Waals surface area contributed by atoms with Crippen LogP contribution in [0.3, 0.4) is 0 Å². The quantitative estimate of drug-likeness (QED) is 0.0907. The monoisotopic (exact) mass is 603 g/mol. The van der Waals surface area contributed by atoms with Crippen LogP contribution in [0.1, 0.15) is 0 Å². The fourth-order valence-electron chi connectivity index (χ4n) is 0. The molecule has 0 saturated carbocycles. The van der Waals surface area contributed by atoms with Crippen molar-refractivity contribution >= 4 is 39.1 Å². The van der Waals surface area contributed by atoms with Crippen LogP contribution >= 0.6 is 39.1 Å². The van der Waals surface area contributed by atoms with Gasteiger partial charge in [-0.05, 0) is 0 Å². The van der Waals surface area contributed by atoms with E-state index in [1.54, 1.807) is 0 Å². The van der Waals surface area contributed by atoms with Gasteiger partial charge in [-0.25, -0.2) is 0 Å². The fraction of sp³-hybridized carbons (Fsp3) is 0. The topological polar surface area (TPSA) is 403 Å². The molecular formula is H10FeLiMnO20P5. The third-order valence-corrected chi connectivity index (χ3v) is 0. The first-order valence-electron chi connectivity index (χ1n) is 3.83. The zero-order valence-electron chi connectivity index (χ0n) is 12.5. The van der Waals surface area contributed by atoms with E-state index < -0.39 is 39.1 Å². The fourth-order valence-corrected chi connectivity index (χ4v) is 0. The molecular weight excluding hydrogens is 593 g/mol. The maximum Gasteiger partial charge on any atom is 2.00 e. The minimum absolute atomic E-state index is 0. The Morgan fingerprint density at radius 3 is 0.393 bits per heavy atom. The normalized spacial score (nSPS) is 10.5. The minimum Gasteiger partial charge on any atom is -0.756 e. The molecule has 0 rings (SSSR count). The Bertz CT molecular complexity index is 384. The second kappa shape index (κ2) is 22.4. The summed E-state index contributed by atoms with van der Waals surface area (Å²) in [5.74, 6) is 0. The second-order valence-electron chi connectivity index (χ2n) is 2.45. The molecule has 0 heterocycles. The van der Waals surface area contributed by atoms with Crippen LogP contribution in [0.25, 0.3) is 0 Å². The number of phosphoric acid groups is 5. The van der Waals surface area contributed by atoms with E-state index in [1.807, 2.05) is 0 Å². The van der Waals surface area contributed by atoms with Gasteiger partial charge >= 0.3 is 53.0 Å². The minimum atomic E-state index is -4.89. The molecule has 0 unspecified atom stereocenters. The van der Waals surface area contributed by atoms with Crippen LogP contribution in [-0.4, -0.2) is 48.9 Å². The standard InChI is InChI=1S/Fe.Li.Mn.5H3O4P/c;;;5*1-5(2,3)4/h;;;5*(H3,1,2,3,4)/q+2;+1;+2;;;;;/p-5. The van der Waals surface area contributed by atoms with E-state index in [9.17, 15) is 0 Å².